The Balaban J connectivity index is 2.85. The van der Waals surface area contributed by atoms with Crippen molar-refractivity contribution in [3.8, 4) is 0 Å². The van der Waals surface area contributed by atoms with Crippen LogP contribution in [0, 0.1) is 0 Å². The van der Waals surface area contributed by atoms with Crippen molar-refractivity contribution < 1.29 is 11.3 Å². The van der Waals surface area contributed by atoms with Crippen LogP contribution in [0.1, 0.15) is 0 Å². The van der Waals surface area contributed by atoms with Crippen LogP contribution in [-0.4, -0.2) is 11.2 Å². The Labute approximate surface area is 24.5 Å². The number of hydrogen-bond donors (Lipinski definition) is 2. The minimum atomic E-state index is -1.33. The van der Waals surface area contributed by atoms with Crippen LogP contribution in [0.5, 0.6) is 0 Å². The molecule has 0 aromatic heterocycles. The highest BCUT2D eigenvalue weighted by molar-refractivity contribution is 5.61. The van der Waals surface area contributed by atoms with E-state index in [1.54, 1.807) is 0 Å². The molecule has 0 aliphatic heterocycles. The Hall–Kier alpha value is -0.730. The van der Waals surface area contributed by atoms with Gasteiger partial charge in [-0.1, -0.05) is 0 Å². The summed E-state index contributed by atoms with van der Waals surface area (Å²) in [6, 6.07) is 0. The van der Waals surface area contributed by atoms with Gasteiger partial charge >= 0.3 is 6.09 Å². The second kappa shape index (κ2) is 0.711. The number of nitrogens with two attached hydrogens (primary N) is 1. The molecular formula is CH3NO2. The first-order valence-electron chi connectivity index (χ1n) is 1.18. The second-order valence-electron chi connectivity index (χ2n) is 0.305. The SMILES string of the molecule is [2H]NC(=O)O. The molecule has 0 aliphatic rings. The lowest BCUT2D eigenvalue weighted by atomic mass is 11.3. The predicted octanol–water partition coefficient (Wildman–Crippen LogP) is -0.377. The molecule has 0 bridgehead atoms. The monoisotopic (exact) mass is 62.0 g/mol. The number of primary amides is 1. The maximum atomic E-state index is 9.07. The van der Waals surface area contributed by atoms with Gasteiger partial charge in [-0.2, -0.15) is 0 Å². The molecular weight excluding hydrogens is 58.0 g/mol. The summed E-state index contributed by atoms with van der Waals surface area (Å²) in [4.78, 5) is 9.07. The van der Waals surface area contributed by atoms with Gasteiger partial charge < -0.3 is 10.8 Å². The summed E-state index contributed by atoms with van der Waals surface area (Å²) in [6.45, 7) is 0. The molecule has 0 aromatic rings. The third-order valence-electron chi connectivity index (χ3n) is 0. The first kappa shape index (κ1) is 1.58. The average molecular weight is 62.0 g/mol. The quantitative estimate of drug-likeness (QED) is 0.402. The molecule has 3 nitrogen and oxygen atoms in total. The van der Waals surface area contributed by atoms with Crippen LogP contribution in [-0.2, 0) is 0 Å². The van der Waals surface area contributed by atoms with Crippen LogP contribution in [0.15, 0.2) is 0 Å². The van der Waals surface area contributed by atoms with Gasteiger partial charge in [0.15, 0.2) is 1.41 Å². The lowest BCUT2D eigenvalue weighted by molar-refractivity contribution is 0.205. The van der Waals surface area contributed by atoms with E-state index < -0.39 is 6.09 Å². The van der Waals surface area contributed by atoms with Gasteiger partial charge in [0.1, 0.15) is 0 Å². The van der Waals surface area contributed by atoms with Crippen molar-refractivity contribution in [3.63, 3.8) is 0 Å². The molecule has 0 saturated heterocycles. The van der Waals surface area contributed by atoms with E-state index in [9.17, 15) is 0 Å². The number of rotatable bonds is 0. The Morgan fingerprint density at radius 1 is 2.50 bits per heavy atom. The highest BCUT2D eigenvalue weighted by Gasteiger charge is 1.65. The van der Waals surface area contributed by atoms with Gasteiger partial charge in [0.25, 0.3) is 0 Å². The third kappa shape index (κ3) is 0.174. The van der Waals surface area contributed by atoms with Gasteiger partial charge in [0.2, 0.25) is 0 Å². The fourth-order valence-corrected chi connectivity index (χ4v) is 0. The summed E-state index contributed by atoms with van der Waals surface area (Å²) < 4.78 is 5.81. The number of carbonyl (C=O) groups is 1. The minimum Gasteiger partial charge on any atom is -0.465 e. The van der Waals surface area contributed by atoms with Crippen molar-refractivity contribution >= 4 is 6.09 Å². The van der Waals surface area contributed by atoms with Gasteiger partial charge in [-0.15, -0.1) is 0 Å². The smallest absolute Gasteiger partial charge is 0.402 e. The number of hydrogen-bond acceptors (Lipinski definition) is 1. The zero-order chi connectivity index (χ0) is 4.28. The summed E-state index contributed by atoms with van der Waals surface area (Å²) in [5.74, 6) is 0. The Morgan fingerprint density at radius 2 is 2.75 bits per heavy atom. The molecule has 0 aromatic carbocycles. The molecule has 24 valence electrons. The average Bonchev–Trinajstić information content (AvgIpc) is 1.38. The molecule has 3 heteroatoms. The third-order valence-corrected chi connectivity index (χ3v) is 0. The van der Waals surface area contributed by atoms with Crippen LogP contribution in [0.25, 0.3) is 0 Å². The summed E-state index contributed by atoms with van der Waals surface area (Å²) in [6.07, 6.45) is -1.33. The van der Waals surface area contributed by atoms with Crippen LogP contribution < -0.4 is 5.73 Å². The van der Waals surface area contributed by atoms with Crippen LogP contribution in [0.2, 0.25) is 1.41 Å². The lowest BCUT2D eigenvalue weighted by Crippen LogP contribution is -2.03. The normalized spacial score (nSPS) is 8.50. The van der Waals surface area contributed by atoms with Crippen LogP contribution in [0.4, 0.5) is 4.79 Å². The molecule has 0 unspecified atom stereocenters. The fraction of sp³-hybridized carbons (Fsp3) is 0. The second-order valence-corrected chi connectivity index (χ2v) is 0.305. The molecule has 0 fully saturated rings. The van der Waals surface area contributed by atoms with Gasteiger partial charge in [0.05, 0.1) is 0 Å². The van der Waals surface area contributed by atoms with Crippen molar-refractivity contribution in [2.45, 2.75) is 0 Å². The van der Waals surface area contributed by atoms with Gasteiger partial charge in [-0.05, 0) is 0 Å². The van der Waals surface area contributed by atoms with Crippen molar-refractivity contribution in [1.82, 2.24) is 0 Å². The summed E-state index contributed by atoms with van der Waals surface area (Å²) in [5.41, 5.74) is 1.19. The van der Waals surface area contributed by atoms with E-state index in [2.05, 4.69) is 0 Å². The van der Waals surface area contributed by atoms with Gasteiger partial charge in [0, 0.05) is 0 Å². The van der Waals surface area contributed by atoms with Crippen molar-refractivity contribution in [1.29, 1.82) is 0 Å². The maximum Gasteiger partial charge on any atom is 0.402 e. The molecule has 0 rings (SSSR count). The number of amides is 1. The first-order chi connectivity index (χ1) is 2.27. The standard InChI is InChI=1S/CH3NO2/c2-1(3)4/h2H2,(H,3,4)/i/hD. The maximum absolute atomic E-state index is 9.07. The van der Waals surface area contributed by atoms with E-state index in [0.29, 0.717) is 0 Å². The molecule has 0 radical (unpaired) electrons. The molecule has 0 spiro atoms. The summed E-state index contributed by atoms with van der Waals surface area (Å²) in [5, 5.41) is 7.42. The fourth-order valence-electron chi connectivity index (χ4n) is 0. The van der Waals surface area contributed by atoms with E-state index in [1.165, 1.54) is 5.73 Å². The van der Waals surface area contributed by atoms with Crippen molar-refractivity contribution in [2.75, 3.05) is 0 Å². The summed E-state index contributed by atoms with van der Waals surface area (Å²) in [7, 11) is 0. The van der Waals surface area contributed by atoms with Crippen molar-refractivity contribution in [3.05, 3.63) is 0 Å². The summed E-state index contributed by atoms with van der Waals surface area (Å²) >= 11 is 0. The van der Waals surface area contributed by atoms with E-state index >= 15 is 0 Å². The van der Waals surface area contributed by atoms with Gasteiger partial charge in [-0.25, -0.2) is 4.79 Å². The molecule has 3 N–H and O–H groups in total. The Bertz CT molecular complexity index is 44.9. The van der Waals surface area contributed by atoms with E-state index in [-0.39, 0.29) is 0 Å². The molecule has 0 atom stereocenters. The van der Waals surface area contributed by atoms with Gasteiger partial charge in [-0.3, -0.25) is 0 Å². The topological polar surface area (TPSA) is 63.3 Å². The Kier molecular flexibility index (Phi) is 0.280. The highest BCUT2D eigenvalue weighted by Crippen LogP contribution is 1.34. The minimum absolute atomic E-state index is 1.19. The largest absolute Gasteiger partial charge is 0.465 e. The van der Waals surface area contributed by atoms with Crippen LogP contribution in [0.3, 0.4) is 0 Å². The highest BCUT2D eigenvalue weighted by atomic mass is 16.4. The Morgan fingerprint density at radius 3 is 2.75 bits per heavy atom. The predicted molar refractivity (Wildman–Crippen MR) is 12.2 cm³/mol. The zero-order valence-corrected chi connectivity index (χ0v) is 1.86. The first-order valence-corrected chi connectivity index (χ1v) is 0.678. The molecule has 0 saturated carbocycles. The van der Waals surface area contributed by atoms with Crippen molar-refractivity contribution in [2.24, 2.45) is 5.73 Å². The lowest BCUT2D eigenvalue weighted by Gasteiger charge is -1.61. The molecule has 4 heavy (non-hydrogen) atoms. The van der Waals surface area contributed by atoms with E-state index in [4.69, 9.17) is 11.3 Å². The molecule has 0 heterocycles. The van der Waals surface area contributed by atoms with E-state index in [1.807, 2.05) is 0 Å². The van der Waals surface area contributed by atoms with Crippen LogP contribution >= 0.6 is 0 Å². The molecule has 0 aliphatic carbocycles. The zero-order valence-electron chi connectivity index (χ0n) is 2.86. The van der Waals surface area contributed by atoms with E-state index in [0.717, 1.165) is 0 Å². The number of carboxylic acid groups (broad SMARTS) is 1. The molecule has 1 amide bonds.